The van der Waals surface area contributed by atoms with E-state index in [1.165, 1.54) is 0 Å². The summed E-state index contributed by atoms with van der Waals surface area (Å²) in [6, 6.07) is 0. The van der Waals surface area contributed by atoms with Gasteiger partial charge in [0.2, 0.25) is 0 Å². The summed E-state index contributed by atoms with van der Waals surface area (Å²) in [5, 5.41) is 25.4. The molecule has 0 unspecified atom stereocenters. The van der Waals surface area contributed by atoms with Crippen LogP contribution in [0.25, 0.3) is 0 Å². The predicted octanol–water partition coefficient (Wildman–Crippen LogP) is -1.71. The quantitative estimate of drug-likeness (QED) is 0.400. The van der Waals surface area contributed by atoms with E-state index in [0.29, 0.717) is 0 Å². The molecule has 0 amide bonds. The van der Waals surface area contributed by atoms with E-state index in [1.807, 2.05) is 0 Å². The molecule has 0 rings (SSSR count). The van der Waals surface area contributed by atoms with Crippen molar-refractivity contribution in [2.24, 2.45) is 0 Å². The number of aliphatic hydroxyl groups excluding tert-OH is 3. The largest absolute Gasteiger partial charge is 0.396 e. The smallest absolute Gasteiger partial charge is 0.151 e. The van der Waals surface area contributed by atoms with Gasteiger partial charge in [-0.3, -0.25) is 0 Å². The molecule has 0 heterocycles. The Kier molecular flexibility index (Phi) is 4.21. The number of carbonyl (C=O) groups excluding carboxylic acids is 1. The molecule has 2 atom stereocenters. The number of aliphatic hydroxyl groups is 3. The first kappa shape index (κ1) is 8.55. The maximum atomic E-state index is 9.73. The summed E-state index contributed by atoms with van der Waals surface area (Å²) in [6.07, 6.45) is -2.23. The molecule has 0 saturated heterocycles. The van der Waals surface area contributed by atoms with Crippen LogP contribution in [-0.4, -0.2) is 40.4 Å². The second kappa shape index (κ2) is 4.43. The lowest BCUT2D eigenvalue weighted by Gasteiger charge is -2.09. The molecule has 54 valence electrons. The highest BCUT2D eigenvalue weighted by molar-refractivity contribution is 5.56. The first-order valence-corrected chi connectivity index (χ1v) is 2.64. The highest BCUT2D eigenvalue weighted by Gasteiger charge is 2.13. The molecule has 0 bridgehead atoms. The Hall–Kier alpha value is -0.450. The van der Waals surface area contributed by atoms with E-state index in [4.69, 9.17) is 15.3 Å². The highest BCUT2D eigenvalue weighted by atomic mass is 16.3. The van der Waals surface area contributed by atoms with Gasteiger partial charge in [0.05, 0.1) is 6.10 Å². The zero-order valence-corrected chi connectivity index (χ0v) is 4.90. The summed E-state index contributed by atoms with van der Waals surface area (Å²) in [4.78, 5) is 9.73. The summed E-state index contributed by atoms with van der Waals surface area (Å²) < 4.78 is 0. The lowest BCUT2D eigenvalue weighted by atomic mass is 10.2. The molecule has 0 aliphatic carbocycles. The molecule has 9 heavy (non-hydrogen) atoms. The Labute approximate surface area is 52.7 Å². The van der Waals surface area contributed by atoms with Gasteiger partial charge in [0.15, 0.2) is 6.29 Å². The Morgan fingerprint density at radius 3 is 2.33 bits per heavy atom. The Balaban J connectivity index is 3.44. The van der Waals surface area contributed by atoms with Gasteiger partial charge in [-0.25, -0.2) is 0 Å². The number of hydrogen-bond donors (Lipinski definition) is 3. The second-order valence-corrected chi connectivity index (χ2v) is 1.71. The van der Waals surface area contributed by atoms with Crippen LogP contribution in [0.1, 0.15) is 6.42 Å². The molecule has 0 aliphatic heterocycles. The minimum absolute atomic E-state index is 0.0277. The molecule has 0 spiro atoms. The predicted molar refractivity (Wildman–Crippen MR) is 29.8 cm³/mol. The third-order valence-electron chi connectivity index (χ3n) is 0.959. The zero-order valence-electron chi connectivity index (χ0n) is 4.90. The van der Waals surface area contributed by atoms with Crippen molar-refractivity contribution in [3.05, 3.63) is 0 Å². The standard InChI is InChI=1S/C5H10O4/c6-2-1-4(8)5(9)3-7/h3-6,8-9H,1-2H2/t4-,5-/m1/s1. The molecule has 0 aliphatic rings. The first-order chi connectivity index (χ1) is 4.22. The molecule has 4 heteroatoms. The van der Waals surface area contributed by atoms with E-state index >= 15 is 0 Å². The number of aldehydes is 1. The van der Waals surface area contributed by atoms with Crippen LogP contribution in [0.4, 0.5) is 0 Å². The van der Waals surface area contributed by atoms with Crippen molar-refractivity contribution in [3.63, 3.8) is 0 Å². The number of rotatable bonds is 4. The third-order valence-corrected chi connectivity index (χ3v) is 0.959. The van der Waals surface area contributed by atoms with Crippen molar-refractivity contribution in [1.82, 2.24) is 0 Å². The highest BCUT2D eigenvalue weighted by Crippen LogP contribution is 1.94. The van der Waals surface area contributed by atoms with Gasteiger partial charge < -0.3 is 20.1 Å². The normalized spacial score (nSPS) is 16.8. The van der Waals surface area contributed by atoms with E-state index < -0.39 is 12.2 Å². The van der Waals surface area contributed by atoms with Crippen molar-refractivity contribution in [2.75, 3.05) is 6.61 Å². The lowest BCUT2D eigenvalue weighted by Crippen LogP contribution is -2.27. The minimum atomic E-state index is -1.36. The monoisotopic (exact) mass is 134 g/mol. The van der Waals surface area contributed by atoms with Crippen molar-refractivity contribution >= 4 is 6.29 Å². The maximum absolute atomic E-state index is 9.73. The van der Waals surface area contributed by atoms with E-state index in [9.17, 15) is 4.79 Å². The summed E-state index contributed by atoms with van der Waals surface area (Å²) in [7, 11) is 0. The summed E-state index contributed by atoms with van der Waals surface area (Å²) in [6.45, 7) is -0.230. The molecule has 4 nitrogen and oxygen atoms in total. The third kappa shape index (κ3) is 3.18. The van der Waals surface area contributed by atoms with Gasteiger partial charge in [-0.1, -0.05) is 0 Å². The molecule has 0 aromatic heterocycles. The Morgan fingerprint density at radius 2 is 2.00 bits per heavy atom. The van der Waals surface area contributed by atoms with Gasteiger partial charge >= 0.3 is 0 Å². The minimum Gasteiger partial charge on any atom is -0.396 e. The van der Waals surface area contributed by atoms with Crippen LogP contribution in [0.5, 0.6) is 0 Å². The Bertz CT molecular complexity index is 83.0. The van der Waals surface area contributed by atoms with Crippen LogP contribution >= 0.6 is 0 Å². The van der Waals surface area contributed by atoms with Crippen molar-refractivity contribution < 1.29 is 20.1 Å². The van der Waals surface area contributed by atoms with E-state index in [-0.39, 0.29) is 19.3 Å². The van der Waals surface area contributed by atoms with Crippen LogP contribution in [0, 0.1) is 0 Å². The summed E-state index contributed by atoms with van der Waals surface area (Å²) in [5.41, 5.74) is 0. The molecule has 0 fully saturated rings. The van der Waals surface area contributed by atoms with E-state index in [1.54, 1.807) is 0 Å². The van der Waals surface area contributed by atoms with Crippen molar-refractivity contribution in [2.45, 2.75) is 18.6 Å². The van der Waals surface area contributed by atoms with Crippen molar-refractivity contribution in [1.29, 1.82) is 0 Å². The van der Waals surface area contributed by atoms with Crippen molar-refractivity contribution in [3.8, 4) is 0 Å². The van der Waals surface area contributed by atoms with Crippen LogP contribution in [0.2, 0.25) is 0 Å². The fraction of sp³-hybridized carbons (Fsp3) is 0.800. The number of hydrogen-bond acceptors (Lipinski definition) is 4. The Morgan fingerprint density at radius 1 is 1.44 bits per heavy atom. The zero-order chi connectivity index (χ0) is 7.28. The fourth-order valence-electron chi connectivity index (χ4n) is 0.394. The molecule has 0 radical (unpaired) electrons. The lowest BCUT2D eigenvalue weighted by molar-refractivity contribution is -0.120. The SMILES string of the molecule is O=C[C@@H](O)[C@H](O)CCO. The second-order valence-electron chi connectivity index (χ2n) is 1.71. The molecule has 0 aromatic carbocycles. The van der Waals surface area contributed by atoms with Crippen LogP contribution in [-0.2, 0) is 4.79 Å². The van der Waals surface area contributed by atoms with Crippen LogP contribution in [0.15, 0.2) is 0 Å². The number of carbonyl (C=O) groups is 1. The average molecular weight is 134 g/mol. The fourth-order valence-corrected chi connectivity index (χ4v) is 0.394. The molecule has 0 saturated carbocycles. The molecular weight excluding hydrogens is 124 g/mol. The maximum Gasteiger partial charge on any atom is 0.151 e. The van der Waals surface area contributed by atoms with Gasteiger partial charge in [0, 0.05) is 6.61 Å². The molecule has 0 aromatic rings. The molecular formula is C5H10O4. The van der Waals surface area contributed by atoms with Crippen LogP contribution in [0.3, 0.4) is 0 Å². The topological polar surface area (TPSA) is 77.8 Å². The van der Waals surface area contributed by atoms with Gasteiger partial charge in [0.25, 0.3) is 0 Å². The van der Waals surface area contributed by atoms with Gasteiger partial charge in [-0.15, -0.1) is 0 Å². The van der Waals surface area contributed by atoms with Gasteiger partial charge in [-0.2, -0.15) is 0 Å². The van der Waals surface area contributed by atoms with Gasteiger partial charge in [0.1, 0.15) is 6.10 Å². The molecule has 3 N–H and O–H groups in total. The first-order valence-electron chi connectivity index (χ1n) is 2.64. The van der Waals surface area contributed by atoms with E-state index in [0.717, 1.165) is 0 Å². The summed E-state index contributed by atoms with van der Waals surface area (Å²) >= 11 is 0. The summed E-state index contributed by atoms with van der Waals surface area (Å²) in [5.74, 6) is 0. The van der Waals surface area contributed by atoms with Gasteiger partial charge in [-0.05, 0) is 6.42 Å². The van der Waals surface area contributed by atoms with Crippen LogP contribution < -0.4 is 0 Å². The van der Waals surface area contributed by atoms with E-state index in [2.05, 4.69) is 0 Å². The average Bonchev–Trinajstić information content (AvgIpc) is 1.87.